The topological polar surface area (TPSA) is 83.1 Å². The number of alkyl halides is 1. The summed E-state index contributed by atoms with van der Waals surface area (Å²) in [6.07, 6.45) is 0. The van der Waals surface area contributed by atoms with Gasteiger partial charge in [0.2, 0.25) is 0 Å². The molecule has 7 nitrogen and oxygen atoms in total. The van der Waals surface area contributed by atoms with Crippen molar-refractivity contribution in [1.29, 1.82) is 0 Å². The molecule has 1 heterocycles. The van der Waals surface area contributed by atoms with E-state index < -0.39 is 4.92 Å². The number of aryl methyl sites for hydroxylation is 1. The summed E-state index contributed by atoms with van der Waals surface area (Å²) in [5, 5.41) is 19.0. The molecule has 0 aliphatic heterocycles. The van der Waals surface area contributed by atoms with E-state index in [-0.39, 0.29) is 11.6 Å². The minimum Gasteiger partial charge on any atom is -0.383 e. The molecular formula is C13H15ClN4O3. The summed E-state index contributed by atoms with van der Waals surface area (Å²) in [5.41, 5.74) is 1.42. The van der Waals surface area contributed by atoms with E-state index in [2.05, 4.69) is 10.2 Å². The maximum absolute atomic E-state index is 10.9. The van der Waals surface area contributed by atoms with Crippen LogP contribution in [-0.2, 0) is 17.2 Å². The first-order chi connectivity index (χ1) is 10.1. The van der Waals surface area contributed by atoms with Crippen molar-refractivity contribution in [3.05, 3.63) is 39.7 Å². The van der Waals surface area contributed by atoms with Gasteiger partial charge in [0.15, 0.2) is 5.82 Å². The molecule has 2 aromatic rings. The molecule has 0 aliphatic carbocycles. The van der Waals surface area contributed by atoms with Gasteiger partial charge in [-0.2, -0.15) is 0 Å². The molecule has 0 N–H and O–H groups in total. The molecule has 0 radical (unpaired) electrons. The number of rotatable bonds is 6. The van der Waals surface area contributed by atoms with Gasteiger partial charge in [-0.15, -0.1) is 21.8 Å². The zero-order valence-corrected chi connectivity index (χ0v) is 12.5. The quantitative estimate of drug-likeness (QED) is 0.465. The number of ether oxygens (including phenoxy) is 1. The molecule has 0 fully saturated rings. The zero-order valence-electron chi connectivity index (χ0n) is 11.7. The van der Waals surface area contributed by atoms with Crippen molar-refractivity contribution in [2.24, 2.45) is 0 Å². The van der Waals surface area contributed by atoms with Crippen molar-refractivity contribution in [1.82, 2.24) is 14.8 Å². The Morgan fingerprint density at radius 3 is 2.76 bits per heavy atom. The fraction of sp³-hybridized carbons (Fsp3) is 0.385. The van der Waals surface area contributed by atoms with Gasteiger partial charge in [0.05, 0.1) is 17.4 Å². The molecule has 112 valence electrons. The average Bonchev–Trinajstić information content (AvgIpc) is 2.87. The highest BCUT2D eigenvalue weighted by Gasteiger charge is 2.16. The lowest BCUT2D eigenvalue weighted by Crippen LogP contribution is -2.09. The van der Waals surface area contributed by atoms with Crippen LogP contribution in [0.5, 0.6) is 0 Å². The average molecular weight is 311 g/mol. The van der Waals surface area contributed by atoms with Crippen LogP contribution in [0.15, 0.2) is 18.2 Å². The Morgan fingerprint density at radius 1 is 1.43 bits per heavy atom. The molecule has 2 rings (SSSR count). The minimum absolute atomic E-state index is 0.0827. The molecule has 1 aromatic heterocycles. The van der Waals surface area contributed by atoms with Crippen molar-refractivity contribution in [2.75, 3.05) is 13.7 Å². The first kappa shape index (κ1) is 15.4. The summed E-state index contributed by atoms with van der Waals surface area (Å²) in [7, 11) is 1.61. The molecular weight excluding hydrogens is 296 g/mol. The summed E-state index contributed by atoms with van der Waals surface area (Å²) < 4.78 is 6.93. The van der Waals surface area contributed by atoms with E-state index in [4.69, 9.17) is 16.3 Å². The van der Waals surface area contributed by atoms with Gasteiger partial charge in [-0.05, 0) is 19.1 Å². The van der Waals surface area contributed by atoms with Crippen molar-refractivity contribution < 1.29 is 9.66 Å². The molecule has 0 spiro atoms. The SMILES string of the molecule is COCCn1c(CCl)nnc1-c1ccc([N+](=O)[O-])c(C)c1. The monoisotopic (exact) mass is 310 g/mol. The summed E-state index contributed by atoms with van der Waals surface area (Å²) in [4.78, 5) is 10.5. The Kier molecular flexibility index (Phi) is 4.87. The van der Waals surface area contributed by atoms with Crippen molar-refractivity contribution in [3.8, 4) is 11.4 Å². The highest BCUT2D eigenvalue weighted by molar-refractivity contribution is 6.16. The van der Waals surface area contributed by atoms with Crippen LogP contribution in [0.4, 0.5) is 5.69 Å². The fourth-order valence-electron chi connectivity index (χ4n) is 2.06. The second-order valence-corrected chi connectivity index (χ2v) is 4.74. The molecule has 0 aliphatic rings. The Morgan fingerprint density at radius 2 is 2.19 bits per heavy atom. The van der Waals surface area contributed by atoms with Gasteiger partial charge in [-0.25, -0.2) is 0 Å². The zero-order chi connectivity index (χ0) is 15.4. The molecule has 8 heteroatoms. The van der Waals surface area contributed by atoms with Gasteiger partial charge in [0, 0.05) is 30.8 Å². The van der Waals surface area contributed by atoms with Gasteiger partial charge in [0.25, 0.3) is 5.69 Å². The number of nitro groups is 1. The number of nitro benzene ring substituents is 1. The van der Waals surface area contributed by atoms with Crippen LogP contribution >= 0.6 is 11.6 Å². The number of benzene rings is 1. The summed E-state index contributed by atoms with van der Waals surface area (Å²) in [6, 6.07) is 4.86. The first-order valence-electron chi connectivity index (χ1n) is 6.31. The third kappa shape index (κ3) is 3.20. The molecule has 0 bridgehead atoms. The van der Waals surface area contributed by atoms with Gasteiger partial charge < -0.3 is 9.30 Å². The smallest absolute Gasteiger partial charge is 0.272 e. The largest absolute Gasteiger partial charge is 0.383 e. The van der Waals surface area contributed by atoms with Crippen LogP contribution in [0.2, 0.25) is 0 Å². The molecule has 0 saturated carbocycles. The molecule has 0 amide bonds. The van der Waals surface area contributed by atoms with E-state index in [0.717, 1.165) is 5.56 Å². The summed E-state index contributed by atoms with van der Waals surface area (Å²) in [5.74, 6) is 1.50. The van der Waals surface area contributed by atoms with Crippen LogP contribution in [0, 0.1) is 17.0 Å². The van der Waals surface area contributed by atoms with Crippen LogP contribution < -0.4 is 0 Å². The molecule has 0 saturated heterocycles. The molecule has 21 heavy (non-hydrogen) atoms. The van der Waals surface area contributed by atoms with Crippen molar-refractivity contribution >= 4 is 17.3 Å². The Bertz CT molecular complexity index is 657. The van der Waals surface area contributed by atoms with E-state index >= 15 is 0 Å². The van der Waals surface area contributed by atoms with Crippen molar-refractivity contribution in [3.63, 3.8) is 0 Å². The Balaban J connectivity index is 2.44. The fourth-order valence-corrected chi connectivity index (χ4v) is 2.26. The van der Waals surface area contributed by atoms with Gasteiger partial charge in [-0.3, -0.25) is 10.1 Å². The second kappa shape index (κ2) is 6.64. The van der Waals surface area contributed by atoms with E-state index in [1.54, 1.807) is 26.2 Å². The predicted octanol–water partition coefficient (Wildman–Crippen LogP) is 2.55. The van der Waals surface area contributed by atoms with Crippen LogP contribution in [0.3, 0.4) is 0 Å². The standard InChI is InChI=1S/C13H15ClN4O3/c1-9-7-10(3-4-11(9)18(19)20)13-16-15-12(8-14)17(13)5-6-21-2/h3-4,7H,5-6,8H2,1-2H3. The lowest BCUT2D eigenvalue weighted by atomic mass is 10.1. The van der Waals surface area contributed by atoms with E-state index in [1.165, 1.54) is 6.07 Å². The van der Waals surface area contributed by atoms with Crippen molar-refractivity contribution in [2.45, 2.75) is 19.3 Å². The maximum atomic E-state index is 10.9. The number of halogens is 1. The lowest BCUT2D eigenvalue weighted by Gasteiger charge is -2.09. The van der Waals surface area contributed by atoms with E-state index in [1.807, 2.05) is 4.57 Å². The number of methoxy groups -OCH3 is 1. The van der Waals surface area contributed by atoms with Crippen LogP contribution in [-0.4, -0.2) is 33.4 Å². The molecule has 0 unspecified atom stereocenters. The number of aromatic nitrogens is 3. The van der Waals surface area contributed by atoms with Gasteiger partial charge >= 0.3 is 0 Å². The number of hydrogen-bond donors (Lipinski definition) is 0. The predicted molar refractivity (Wildman–Crippen MR) is 78.3 cm³/mol. The van der Waals surface area contributed by atoms with E-state index in [0.29, 0.717) is 30.4 Å². The van der Waals surface area contributed by atoms with E-state index in [9.17, 15) is 10.1 Å². The number of nitrogens with zero attached hydrogens (tertiary/aromatic N) is 4. The highest BCUT2D eigenvalue weighted by atomic mass is 35.5. The van der Waals surface area contributed by atoms with Gasteiger partial charge in [0.1, 0.15) is 5.82 Å². The summed E-state index contributed by atoms with van der Waals surface area (Å²) in [6.45, 7) is 2.76. The maximum Gasteiger partial charge on any atom is 0.272 e. The minimum atomic E-state index is -0.404. The highest BCUT2D eigenvalue weighted by Crippen LogP contribution is 2.25. The third-order valence-electron chi connectivity index (χ3n) is 3.12. The first-order valence-corrected chi connectivity index (χ1v) is 6.84. The second-order valence-electron chi connectivity index (χ2n) is 4.48. The molecule has 1 aromatic carbocycles. The third-order valence-corrected chi connectivity index (χ3v) is 3.36. The normalized spacial score (nSPS) is 10.8. The number of hydrogen-bond acceptors (Lipinski definition) is 5. The van der Waals surface area contributed by atoms with Gasteiger partial charge in [-0.1, -0.05) is 0 Å². The summed E-state index contributed by atoms with van der Waals surface area (Å²) >= 11 is 5.86. The Hall–Kier alpha value is -1.99. The Labute approximate surface area is 126 Å². The van der Waals surface area contributed by atoms with Crippen LogP contribution in [0.1, 0.15) is 11.4 Å². The lowest BCUT2D eigenvalue weighted by molar-refractivity contribution is -0.385. The molecule has 0 atom stereocenters. The van der Waals surface area contributed by atoms with Crippen LogP contribution in [0.25, 0.3) is 11.4 Å².